The first-order valence-corrected chi connectivity index (χ1v) is 8.54. The van der Waals surface area contributed by atoms with E-state index in [2.05, 4.69) is 20.3 Å². The molecule has 2 N–H and O–H groups in total. The van der Waals surface area contributed by atoms with E-state index in [-0.39, 0.29) is 11.1 Å². The highest BCUT2D eigenvalue weighted by molar-refractivity contribution is 6.33. The average molecular weight is 383 g/mol. The van der Waals surface area contributed by atoms with Crippen molar-refractivity contribution in [2.24, 2.45) is 0 Å². The lowest BCUT2D eigenvalue weighted by Crippen LogP contribution is -2.12. The van der Waals surface area contributed by atoms with Crippen LogP contribution in [-0.4, -0.2) is 20.9 Å². The number of nitrogens with one attached hydrogen (secondary N) is 2. The minimum atomic E-state index is -0.326. The highest BCUT2D eigenvalue weighted by Crippen LogP contribution is 2.28. The predicted molar refractivity (Wildman–Crippen MR) is 104 cm³/mol. The molecule has 0 saturated carbocycles. The van der Waals surface area contributed by atoms with Crippen molar-refractivity contribution in [1.82, 2.24) is 15.0 Å². The molecule has 0 saturated heterocycles. The number of hydrogen-bond acceptors (Lipinski definition) is 3. The van der Waals surface area contributed by atoms with Crippen molar-refractivity contribution >= 4 is 45.8 Å². The Hall–Kier alpha value is -2.89. The number of fused-ring (bicyclic) bond motifs is 1. The number of H-pyrrole nitrogens is 1. The summed E-state index contributed by atoms with van der Waals surface area (Å²) >= 11 is 12.2. The number of amides is 1. The van der Waals surface area contributed by atoms with Gasteiger partial charge in [-0.1, -0.05) is 35.3 Å². The Morgan fingerprint density at radius 1 is 1.04 bits per heavy atom. The summed E-state index contributed by atoms with van der Waals surface area (Å²) in [5, 5.41) is 3.59. The Balaban J connectivity index is 1.65. The molecular formula is C19H12Cl2N4O. The second-order valence-corrected chi connectivity index (χ2v) is 6.36. The summed E-state index contributed by atoms with van der Waals surface area (Å²) in [5.41, 5.74) is 3.32. The molecule has 128 valence electrons. The zero-order valence-corrected chi connectivity index (χ0v) is 14.8. The average Bonchev–Trinajstić information content (AvgIpc) is 3.05. The van der Waals surface area contributed by atoms with Crippen LogP contribution in [0.1, 0.15) is 10.4 Å². The van der Waals surface area contributed by atoms with E-state index in [0.29, 0.717) is 22.1 Å². The van der Waals surface area contributed by atoms with Crippen molar-refractivity contribution in [2.75, 3.05) is 5.32 Å². The molecule has 5 nitrogen and oxygen atoms in total. The molecule has 2 aromatic carbocycles. The lowest BCUT2D eigenvalue weighted by Gasteiger charge is -2.06. The largest absolute Gasteiger partial charge is 0.338 e. The number of nitrogens with zero attached hydrogens (tertiary/aromatic N) is 2. The molecule has 4 rings (SSSR count). The SMILES string of the molecule is O=C(Nc1ccc2nc(-c3ccccc3Cl)[nH]c2c1)c1cccnc1Cl. The van der Waals surface area contributed by atoms with Crippen LogP contribution in [-0.2, 0) is 0 Å². The number of halogens is 2. The number of benzene rings is 2. The fraction of sp³-hybridized carbons (Fsp3) is 0. The smallest absolute Gasteiger partial charge is 0.258 e. The Bertz CT molecular complexity index is 1120. The van der Waals surface area contributed by atoms with Gasteiger partial charge in [-0.05, 0) is 42.5 Å². The molecule has 0 fully saturated rings. The maximum absolute atomic E-state index is 12.4. The van der Waals surface area contributed by atoms with Crippen molar-refractivity contribution in [3.63, 3.8) is 0 Å². The third kappa shape index (κ3) is 3.14. The van der Waals surface area contributed by atoms with E-state index in [4.69, 9.17) is 23.2 Å². The number of pyridine rings is 1. The first-order valence-electron chi connectivity index (χ1n) is 7.78. The van der Waals surface area contributed by atoms with Gasteiger partial charge in [0.1, 0.15) is 11.0 Å². The molecule has 1 amide bonds. The zero-order chi connectivity index (χ0) is 18.1. The molecule has 0 radical (unpaired) electrons. The minimum Gasteiger partial charge on any atom is -0.338 e. The first-order chi connectivity index (χ1) is 12.6. The first kappa shape index (κ1) is 16.6. The Kier molecular flexibility index (Phi) is 4.32. The van der Waals surface area contributed by atoms with Gasteiger partial charge in [0.2, 0.25) is 0 Å². The van der Waals surface area contributed by atoms with Gasteiger partial charge in [0.15, 0.2) is 0 Å². The number of carbonyl (C=O) groups excluding carboxylic acids is 1. The van der Waals surface area contributed by atoms with Gasteiger partial charge >= 0.3 is 0 Å². The number of aromatic amines is 1. The molecule has 0 aliphatic rings. The van der Waals surface area contributed by atoms with Gasteiger partial charge in [-0.25, -0.2) is 9.97 Å². The number of imidazole rings is 1. The number of hydrogen-bond donors (Lipinski definition) is 2. The lowest BCUT2D eigenvalue weighted by atomic mass is 10.2. The Morgan fingerprint density at radius 2 is 1.88 bits per heavy atom. The molecule has 7 heteroatoms. The van der Waals surface area contributed by atoms with Crippen LogP contribution in [0.4, 0.5) is 5.69 Å². The van der Waals surface area contributed by atoms with Crippen LogP contribution in [0.15, 0.2) is 60.8 Å². The van der Waals surface area contributed by atoms with E-state index in [9.17, 15) is 4.79 Å². The molecule has 26 heavy (non-hydrogen) atoms. The predicted octanol–water partition coefficient (Wildman–Crippen LogP) is 5.18. The van der Waals surface area contributed by atoms with Crippen molar-refractivity contribution < 1.29 is 4.79 Å². The quantitative estimate of drug-likeness (QED) is 0.479. The molecule has 0 unspecified atom stereocenters. The fourth-order valence-electron chi connectivity index (χ4n) is 2.62. The number of anilines is 1. The summed E-state index contributed by atoms with van der Waals surface area (Å²) in [6.45, 7) is 0. The molecule has 0 spiro atoms. The number of carbonyl (C=O) groups is 1. The topological polar surface area (TPSA) is 70.7 Å². The van der Waals surface area contributed by atoms with E-state index in [1.165, 1.54) is 6.20 Å². The third-order valence-corrected chi connectivity index (χ3v) is 4.50. The second kappa shape index (κ2) is 6.78. The summed E-state index contributed by atoms with van der Waals surface area (Å²) in [5.74, 6) is 0.345. The summed E-state index contributed by atoms with van der Waals surface area (Å²) in [4.78, 5) is 24.1. The van der Waals surface area contributed by atoms with Crippen LogP contribution < -0.4 is 5.32 Å². The van der Waals surface area contributed by atoms with Gasteiger partial charge in [0.25, 0.3) is 5.91 Å². The molecule has 2 heterocycles. The summed E-state index contributed by atoms with van der Waals surface area (Å²) in [6.07, 6.45) is 1.53. The fourth-order valence-corrected chi connectivity index (χ4v) is 3.05. The second-order valence-electron chi connectivity index (χ2n) is 5.59. The van der Waals surface area contributed by atoms with E-state index >= 15 is 0 Å². The van der Waals surface area contributed by atoms with Crippen LogP contribution in [0.3, 0.4) is 0 Å². The number of rotatable bonds is 3. The van der Waals surface area contributed by atoms with E-state index in [0.717, 1.165) is 16.6 Å². The van der Waals surface area contributed by atoms with Crippen molar-refractivity contribution in [1.29, 1.82) is 0 Å². The maximum Gasteiger partial charge on any atom is 0.258 e. The van der Waals surface area contributed by atoms with E-state index in [1.54, 1.807) is 18.2 Å². The highest BCUT2D eigenvalue weighted by Gasteiger charge is 2.13. The third-order valence-electron chi connectivity index (χ3n) is 3.87. The van der Waals surface area contributed by atoms with E-state index < -0.39 is 0 Å². The molecule has 2 aromatic heterocycles. The van der Waals surface area contributed by atoms with E-state index in [1.807, 2.05) is 36.4 Å². The molecule has 0 aliphatic carbocycles. The molecular weight excluding hydrogens is 371 g/mol. The highest BCUT2D eigenvalue weighted by atomic mass is 35.5. The number of aromatic nitrogens is 3. The normalized spacial score (nSPS) is 10.8. The van der Waals surface area contributed by atoms with Gasteiger partial charge in [-0.3, -0.25) is 4.79 Å². The van der Waals surface area contributed by atoms with Gasteiger partial charge in [-0.2, -0.15) is 0 Å². The minimum absolute atomic E-state index is 0.161. The van der Waals surface area contributed by atoms with Crippen LogP contribution in [0, 0.1) is 0 Å². The van der Waals surface area contributed by atoms with Crippen LogP contribution in [0.5, 0.6) is 0 Å². The zero-order valence-electron chi connectivity index (χ0n) is 13.3. The molecule has 0 aliphatic heterocycles. The standard InChI is InChI=1S/C19H12Cl2N4O/c20-14-6-2-1-4-12(14)18-24-15-8-7-11(10-16(15)25-18)23-19(26)13-5-3-9-22-17(13)21/h1-10H,(H,23,26)(H,24,25). The van der Waals surface area contributed by atoms with Crippen LogP contribution >= 0.6 is 23.2 Å². The Labute approximate surface area is 159 Å². The van der Waals surface area contributed by atoms with Crippen molar-refractivity contribution in [3.8, 4) is 11.4 Å². The molecule has 4 aromatic rings. The molecule has 0 atom stereocenters. The van der Waals surface area contributed by atoms with Gasteiger partial charge < -0.3 is 10.3 Å². The molecule has 0 bridgehead atoms. The monoisotopic (exact) mass is 382 g/mol. The van der Waals surface area contributed by atoms with Gasteiger partial charge in [0, 0.05) is 17.4 Å². The van der Waals surface area contributed by atoms with Crippen molar-refractivity contribution in [3.05, 3.63) is 76.5 Å². The summed E-state index contributed by atoms with van der Waals surface area (Å²) in [6, 6.07) is 16.2. The van der Waals surface area contributed by atoms with Crippen LogP contribution in [0.2, 0.25) is 10.2 Å². The van der Waals surface area contributed by atoms with Gasteiger partial charge in [0.05, 0.1) is 21.6 Å². The Morgan fingerprint density at radius 3 is 2.69 bits per heavy atom. The lowest BCUT2D eigenvalue weighted by molar-refractivity contribution is 0.102. The maximum atomic E-state index is 12.4. The summed E-state index contributed by atoms with van der Waals surface area (Å²) in [7, 11) is 0. The van der Waals surface area contributed by atoms with Crippen molar-refractivity contribution in [2.45, 2.75) is 0 Å². The van der Waals surface area contributed by atoms with Gasteiger partial charge in [-0.15, -0.1) is 0 Å². The van der Waals surface area contributed by atoms with Crippen LogP contribution in [0.25, 0.3) is 22.4 Å². The summed E-state index contributed by atoms with van der Waals surface area (Å²) < 4.78 is 0.